The van der Waals surface area contributed by atoms with Gasteiger partial charge in [-0.05, 0) is 32.4 Å². The highest BCUT2D eigenvalue weighted by molar-refractivity contribution is 5.27. The Bertz CT molecular complexity index is 608. The van der Waals surface area contributed by atoms with Crippen molar-refractivity contribution in [2.24, 2.45) is 0 Å². The molecule has 114 valence electrons. The molecule has 0 spiro atoms. The summed E-state index contributed by atoms with van der Waals surface area (Å²) < 4.78 is 39.5. The van der Waals surface area contributed by atoms with Crippen LogP contribution in [0.25, 0.3) is 0 Å². The van der Waals surface area contributed by atoms with Gasteiger partial charge in [0.2, 0.25) is 5.95 Å². The molecule has 0 unspecified atom stereocenters. The Hall–Kier alpha value is -2.12. The maximum absolute atomic E-state index is 12.6. The van der Waals surface area contributed by atoms with Crippen LogP contribution in [0.5, 0.6) is 0 Å². The van der Waals surface area contributed by atoms with Gasteiger partial charge in [-0.3, -0.25) is 4.68 Å². The van der Waals surface area contributed by atoms with E-state index in [9.17, 15) is 13.2 Å². The van der Waals surface area contributed by atoms with Crippen molar-refractivity contribution in [3.63, 3.8) is 0 Å². The smallest absolute Gasteiger partial charge is 0.350 e. The summed E-state index contributed by atoms with van der Waals surface area (Å²) in [6, 6.07) is 0.598. The van der Waals surface area contributed by atoms with Crippen molar-refractivity contribution in [1.82, 2.24) is 19.7 Å². The summed E-state index contributed by atoms with van der Waals surface area (Å²) in [5.74, 6) is -0.0481. The summed E-state index contributed by atoms with van der Waals surface area (Å²) in [5.41, 5.74) is 0.0548. The van der Waals surface area contributed by atoms with Gasteiger partial charge in [0.1, 0.15) is 5.69 Å². The molecule has 0 aromatic carbocycles. The molecule has 1 N–H and O–H groups in total. The van der Waals surface area contributed by atoms with Crippen LogP contribution in [0.15, 0.2) is 24.7 Å². The Labute approximate surface area is 120 Å². The van der Waals surface area contributed by atoms with Gasteiger partial charge in [-0.25, -0.2) is 9.97 Å². The lowest BCUT2D eigenvalue weighted by atomic mass is 10.2. The van der Waals surface area contributed by atoms with Crippen molar-refractivity contribution in [3.8, 4) is 0 Å². The van der Waals surface area contributed by atoms with Crippen molar-refractivity contribution in [2.75, 3.05) is 5.32 Å². The number of hydrogen-bond donors (Lipinski definition) is 1. The Morgan fingerprint density at radius 2 is 2.00 bits per heavy atom. The summed E-state index contributed by atoms with van der Waals surface area (Å²) >= 11 is 0. The molecule has 0 amide bonds. The van der Waals surface area contributed by atoms with E-state index in [1.54, 1.807) is 10.9 Å². The van der Waals surface area contributed by atoms with Gasteiger partial charge in [-0.15, -0.1) is 0 Å². The molecular weight excluding hydrogens is 283 g/mol. The molecule has 2 atom stereocenters. The van der Waals surface area contributed by atoms with Crippen LogP contribution in [0.2, 0.25) is 0 Å². The minimum absolute atomic E-state index is 0.0481. The topological polar surface area (TPSA) is 55.6 Å². The number of alkyl halides is 3. The van der Waals surface area contributed by atoms with E-state index < -0.39 is 11.9 Å². The first-order valence-electron chi connectivity index (χ1n) is 6.45. The average molecular weight is 299 g/mol. The van der Waals surface area contributed by atoms with Crippen LogP contribution in [-0.4, -0.2) is 25.8 Å². The van der Waals surface area contributed by atoms with Gasteiger partial charge < -0.3 is 5.32 Å². The molecule has 2 aromatic rings. The van der Waals surface area contributed by atoms with E-state index in [-0.39, 0.29) is 18.0 Å². The van der Waals surface area contributed by atoms with Crippen molar-refractivity contribution in [3.05, 3.63) is 35.9 Å². The van der Waals surface area contributed by atoms with Gasteiger partial charge >= 0.3 is 6.18 Å². The first-order valence-corrected chi connectivity index (χ1v) is 6.45. The lowest BCUT2D eigenvalue weighted by Gasteiger charge is -2.22. The average Bonchev–Trinajstić information content (AvgIpc) is 2.84. The highest BCUT2D eigenvalue weighted by atomic mass is 19.4. The van der Waals surface area contributed by atoms with Crippen molar-refractivity contribution >= 4 is 5.95 Å². The predicted molar refractivity (Wildman–Crippen MR) is 71.8 cm³/mol. The molecule has 0 radical (unpaired) electrons. The Morgan fingerprint density at radius 1 is 1.29 bits per heavy atom. The third-order valence-electron chi connectivity index (χ3n) is 3.17. The highest BCUT2D eigenvalue weighted by Gasteiger charge is 2.33. The zero-order chi connectivity index (χ0) is 15.6. The molecule has 0 aliphatic carbocycles. The number of aromatic nitrogens is 4. The van der Waals surface area contributed by atoms with Crippen LogP contribution >= 0.6 is 0 Å². The number of rotatable bonds is 4. The maximum Gasteiger partial charge on any atom is 0.433 e. The molecule has 0 aliphatic rings. The van der Waals surface area contributed by atoms with E-state index >= 15 is 0 Å². The number of aryl methyl sites for hydroxylation is 1. The molecule has 21 heavy (non-hydrogen) atoms. The summed E-state index contributed by atoms with van der Waals surface area (Å²) in [6.45, 7) is 5.67. The number of nitrogens with one attached hydrogen (secondary N) is 1. The summed E-state index contributed by atoms with van der Waals surface area (Å²) in [6.07, 6.45) is 0.209. The Morgan fingerprint density at radius 3 is 2.57 bits per heavy atom. The lowest BCUT2D eigenvalue weighted by molar-refractivity contribution is -0.141. The monoisotopic (exact) mass is 299 g/mol. The molecule has 2 rings (SSSR count). The van der Waals surface area contributed by atoms with Crippen molar-refractivity contribution in [2.45, 2.75) is 39.0 Å². The van der Waals surface area contributed by atoms with Gasteiger partial charge in [0.25, 0.3) is 0 Å². The number of halogens is 3. The van der Waals surface area contributed by atoms with Gasteiger partial charge in [0, 0.05) is 18.4 Å². The third kappa shape index (κ3) is 3.71. The van der Waals surface area contributed by atoms with E-state index in [4.69, 9.17) is 0 Å². The molecule has 0 bridgehead atoms. The quantitative estimate of drug-likeness (QED) is 0.942. The molecule has 0 fully saturated rings. The Balaban J connectivity index is 2.10. The number of nitrogens with zero attached hydrogens (tertiary/aromatic N) is 4. The van der Waals surface area contributed by atoms with Crippen LogP contribution in [0.1, 0.15) is 31.1 Å². The summed E-state index contributed by atoms with van der Waals surface area (Å²) in [7, 11) is 0. The van der Waals surface area contributed by atoms with Crippen LogP contribution in [0.3, 0.4) is 0 Å². The molecule has 0 aliphatic heterocycles. The number of anilines is 1. The fraction of sp³-hybridized carbons (Fsp3) is 0.462. The summed E-state index contributed by atoms with van der Waals surface area (Å²) in [5, 5.41) is 7.07. The van der Waals surface area contributed by atoms with Gasteiger partial charge in [-0.1, -0.05) is 0 Å². The largest absolute Gasteiger partial charge is 0.433 e. The molecule has 2 aromatic heterocycles. The van der Waals surface area contributed by atoms with E-state index in [0.717, 1.165) is 17.8 Å². The van der Waals surface area contributed by atoms with E-state index in [1.165, 1.54) is 0 Å². The molecule has 2 heterocycles. The van der Waals surface area contributed by atoms with Crippen LogP contribution in [0.4, 0.5) is 19.1 Å². The Kier molecular flexibility index (Phi) is 4.15. The SMILES string of the molecule is Cc1cnn([C@H](C)[C@@H](C)Nc2nccc(C(F)(F)F)n2)c1. The van der Waals surface area contributed by atoms with Crippen molar-refractivity contribution < 1.29 is 13.2 Å². The van der Waals surface area contributed by atoms with E-state index in [2.05, 4.69) is 20.4 Å². The molecule has 5 nitrogen and oxygen atoms in total. The zero-order valence-corrected chi connectivity index (χ0v) is 11.9. The fourth-order valence-electron chi connectivity index (χ4n) is 1.80. The van der Waals surface area contributed by atoms with Crippen molar-refractivity contribution in [1.29, 1.82) is 0 Å². The second kappa shape index (κ2) is 5.71. The van der Waals surface area contributed by atoms with Gasteiger partial charge in [-0.2, -0.15) is 18.3 Å². The zero-order valence-electron chi connectivity index (χ0n) is 11.9. The molecule has 0 saturated heterocycles. The fourth-order valence-corrected chi connectivity index (χ4v) is 1.80. The van der Waals surface area contributed by atoms with Crippen LogP contribution < -0.4 is 5.32 Å². The lowest BCUT2D eigenvalue weighted by Crippen LogP contribution is -2.28. The third-order valence-corrected chi connectivity index (χ3v) is 3.17. The second-order valence-corrected chi connectivity index (χ2v) is 4.93. The normalized spacial score (nSPS) is 14.8. The maximum atomic E-state index is 12.6. The summed E-state index contributed by atoms with van der Waals surface area (Å²) in [4.78, 5) is 7.31. The first-order chi connectivity index (χ1) is 9.77. The minimum Gasteiger partial charge on any atom is -0.350 e. The van der Waals surface area contributed by atoms with E-state index in [0.29, 0.717) is 0 Å². The van der Waals surface area contributed by atoms with Gasteiger partial charge in [0.05, 0.1) is 12.2 Å². The first kappa shape index (κ1) is 15.3. The van der Waals surface area contributed by atoms with Gasteiger partial charge in [0.15, 0.2) is 0 Å². The molecule has 8 heteroatoms. The highest BCUT2D eigenvalue weighted by Crippen LogP contribution is 2.27. The van der Waals surface area contributed by atoms with E-state index in [1.807, 2.05) is 27.0 Å². The van der Waals surface area contributed by atoms with Crippen LogP contribution in [-0.2, 0) is 6.18 Å². The number of hydrogen-bond acceptors (Lipinski definition) is 4. The standard InChI is InChI=1S/C13H16F3N5/c1-8-6-18-21(7-8)10(3)9(2)19-12-17-5-4-11(20-12)13(14,15)16/h4-7,9-10H,1-3H3,(H,17,19,20)/t9-,10-/m1/s1. The van der Waals surface area contributed by atoms with Crippen LogP contribution in [0, 0.1) is 6.92 Å². The second-order valence-electron chi connectivity index (χ2n) is 4.93. The predicted octanol–water partition coefficient (Wildman–Crippen LogP) is 3.06. The molecular formula is C13H16F3N5. The minimum atomic E-state index is -4.48. The molecule has 0 saturated carbocycles.